The van der Waals surface area contributed by atoms with E-state index in [9.17, 15) is 9.18 Å². The summed E-state index contributed by atoms with van der Waals surface area (Å²) in [7, 11) is 0. The monoisotopic (exact) mass is 390 g/mol. The number of aromatic nitrogens is 1. The average molecular weight is 391 g/mol. The van der Waals surface area contributed by atoms with Crippen molar-refractivity contribution in [1.82, 2.24) is 4.98 Å². The summed E-state index contributed by atoms with van der Waals surface area (Å²) in [6, 6.07) is 11.5. The number of rotatable bonds is 4. The lowest BCUT2D eigenvalue weighted by Crippen LogP contribution is -2.37. The second kappa shape index (κ2) is 7.31. The Kier molecular flexibility index (Phi) is 4.89. The molecule has 1 fully saturated rings. The minimum Gasteiger partial charge on any atom is -0.376 e. The molecule has 7 heteroatoms. The number of nitrogens with zero attached hydrogens (tertiary/aromatic N) is 2. The van der Waals surface area contributed by atoms with Crippen LogP contribution in [0, 0.1) is 5.82 Å². The van der Waals surface area contributed by atoms with Crippen LogP contribution in [0.1, 0.15) is 23.2 Å². The molecule has 0 aliphatic carbocycles. The third-order valence-electron chi connectivity index (χ3n) is 4.35. The molecular formula is C19H16ClFN2O2S. The van der Waals surface area contributed by atoms with Gasteiger partial charge in [-0.2, -0.15) is 0 Å². The predicted octanol–water partition coefficient (Wildman–Crippen LogP) is 4.91. The summed E-state index contributed by atoms with van der Waals surface area (Å²) < 4.78 is 20.7. The summed E-state index contributed by atoms with van der Waals surface area (Å²) in [5.41, 5.74) is 0.670. The van der Waals surface area contributed by atoms with E-state index in [-0.39, 0.29) is 11.7 Å². The van der Waals surface area contributed by atoms with Gasteiger partial charge in [-0.25, -0.2) is 9.37 Å². The fraction of sp³-hybridized carbons (Fsp3) is 0.263. The molecule has 1 amide bonds. The van der Waals surface area contributed by atoms with Crippen LogP contribution in [0.5, 0.6) is 0 Å². The highest BCUT2D eigenvalue weighted by atomic mass is 35.5. The Bertz CT molecular complexity index is 956. The van der Waals surface area contributed by atoms with Crippen molar-refractivity contribution < 1.29 is 13.9 Å². The first-order valence-electron chi connectivity index (χ1n) is 8.36. The van der Waals surface area contributed by atoms with Crippen LogP contribution < -0.4 is 4.90 Å². The van der Waals surface area contributed by atoms with E-state index >= 15 is 0 Å². The van der Waals surface area contributed by atoms with E-state index in [1.165, 1.54) is 28.4 Å². The number of fused-ring (bicyclic) bond motifs is 1. The van der Waals surface area contributed by atoms with Crippen LogP contribution in [-0.4, -0.2) is 30.1 Å². The topological polar surface area (TPSA) is 42.4 Å². The average Bonchev–Trinajstić information content (AvgIpc) is 3.29. The maximum Gasteiger partial charge on any atom is 0.263 e. The van der Waals surface area contributed by atoms with Gasteiger partial charge in [-0.05, 0) is 37.1 Å². The third kappa shape index (κ3) is 3.32. The molecule has 2 aromatic carbocycles. The van der Waals surface area contributed by atoms with Gasteiger partial charge in [-0.1, -0.05) is 41.1 Å². The Morgan fingerprint density at radius 1 is 1.31 bits per heavy atom. The Balaban J connectivity index is 1.75. The highest BCUT2D eigenvalue weighted by Gasteiger charge is 2.28. The lowest BCUT2D eigenvalue weighted by molar-refractivity contribution is 0.0914. The number of carbonyl (C=O) groups excluding carboxylic acids is 1. The quantitative estimate of drug-likeness (QED) is 0.635. The number of halogens is 2. The van der Waals surface area contributed by atoms with E-state index in [0.29, 0.717) is 28.8 Å². The molecule has 1 atom stereocenters. The summed E-state index contributed by atoms with van der Waals surface area (Å²) in [5.74, 6) is -0.970. The number of carbonyl (C=O) groups is 1. The molecule has 4 nitrogen and oxygen atoms in total. The molecule has 0 spiro atoms. The number of hydrogen-bond donors (Lipinski definition) is 0. The van der Waals surface area contributed by atoms with Gasteiger partial charge in [0.05, 0.1) is 27.9 Å². The molecular weight excluding hydrogens is 375 g/mol. The molecule has 0 radical (unpaired) electrons. The minimum absolute atomic E-state index is 0.0239. The van der Waals surface area contributed by atoms with Crippen molar-refractivity contribution in [1.29, 1.82) is 0 Å². The van der Waals surface area contributed by atoms with Gasteiger partial charge in [0, 0.05) is 6.61 Å². The van der Waals surface area contributed by atoms with Gasteiger partial charge in [0.1, 0.15) is 11.3 Å². The number of benzene rings is 2. The molecule has 0 N–H and O–H groups in total. The summed E-state index contributed by atoms with van der Waals surface area (Å²) in [4.78, 5) is 19.1. The second-order valence-corrected chi connectivity index (χ2v) is 7.53. The van der Waals surface area contributed by atoms with E-state index < -0.39 is 11.7 Å². The zero-order chi connectivity index (χ0) is 18.1. The number of para-hydroxylation sites is 1. The Labute approximate surface area is 159 Å². The largest absolute Gasteiger partial charge is 0.376 e. The summed E-state index contributed by atoms with van der Waals surface area (Å²) in [6.07, 6.45) is 1.75. The first-order chi connectivity index (χ1) is 12.6. The van der Waals surface area contributed by atoms with Gasteiger partial charge < -0.3 is 4.74 Å². The Morgan fingerprint density at radius 2 is 2.15 bits per heavy atom. The molecule has 2 heterocycles. The first kappa shape index (κ1) is 17.4. The van der Waals surface area contributed by atoms with Gasteiger partial charge >= 0.3 is 0 Å². The molecule has 26 heavy (non-hydrogen) atoms. The van der Waals surface area contributed by atoms with Crippen molar-refractivity contribution in [2.75, 3.05) is 18.1 Å². The van der Waals surface area contributed by atoms with Crippen molar-refractivity contribution in [3.63, 3.8) is 0 Å². The van der Waals surface area contributed by atoms with Crippen molar-refractivity contribution >= 4 is 44.2 Å². The lowest BCUT2D eigenvalue weighted by atomic mass is 10.1. The standard InChI is InChI=1S/C19H16ClFN2O2S/c20-14-7-3-9-16-17(14)22-19(26-16)23(11-12-5-4-10-25-12)18(24)13-6-1-2-8-15(13)21/h1-3,6-9,12H,4-5,10-11H2. The molecule has 4 rings (SSSR count). The Morgan fingerprint density at radius 3 is 2.88 bits per heavy atom. The minimum atomic E-state index is -0.547. The molecule has 3 aromatic rings. The third-order valence-corrected chi connectivity index (χ3v) is 5.70. The molecule has 1 unspecified atom stereocenters. The van der Waals surface area contributed by atoms with Crippen LogP contribution in [0.3, 0.4) is 0 Å². The SMILES string of the molecule is O=C(c1ccccc1F)N(CC1CCCO1)c1nc2c(Cl)cccc2s1. The van der Waals surface area contributed by atoms with E-state index in [1.807, 2.05) is 12.1 Å². The molecule has 1 aromatic heterocycles. The van der Waals surface area contributed by atoms with Crippen LogP contribution in [0.4, 0.5) is 9.52 Å². The Hall–Kier alpha value is -2.02. The van der Waals surface area contributed by atoms with Gasteiger partial charge in [0.15, 0.2) is 5.13 Å². The van der Waals surface area contributed by atoms with E-state index in [2.05, 4.69) is 4.98 Å². The number of hydrogen-bond acceptors (Lipinski definition) is 4. The fourth-order valence-electron chi connectivity index (χ4n) is 3.04. The van der Waals surface area contributed by atoms with Crippen LogP contribution in [-0.2, 0) is 4.74 Å². The first-order valence-corrected chi connectivity index (χ1v) is 9.56. The summed E-state index contributed by atoms with van der Waals surface area (Å²) in [5, 5.41) is 1.03. The maximum absolute atomic E-state index is 14.2. The summed E-state index contributed by atoms with van der Waals surface area (Å²) >= 11 is 7.59. The van der Waals surface area contributed by atoms with Crippen LogP contribution in [0.15, 0.2) is 42.5 Å². The zero-order valence-electron chi connectivity index (χ0n) is 13.8. The lowest BCUT2D eigenvalue weighted by Gasteiger charge is -2.23. The predicted molar refractivity (Wildman–Crippen MR) is 102 cm³/mol. The van der Waals surface area contributed by atoms with E-state index in [0.717, 1.165) is 17.5 Å². The molecule has 0 bridgehead atoms. The zero-order valence-corrected chi connectivity index (χ0v) is 15.4. The van der Waals surface area contributed by atoms with Gasteiger partial charge in [0.2, 0.25) is 0 Å². The maximum atomic E-state index is 14.2. The molecule has 0 saturated carbocycles. The number of anilines is 1. The molecule has 134 valence electrons. The van der Waals surface area contributed by atoms with Crippen LogP contribution >= 0.6 is 22.9 Å². The van der Waals surface area contributed by atoms with Crippen LogP contribution in [0.2, 0.25) is 5.02 Å². The van der Waals surface area contributed by atoms with Gasteiger partial charge in [-0.3, -0.25) is 9.69 Å². The number of thiazole rings is 1. The highest BCUT2D eigenvalue weighted by molar-refractivity contribution is 7.22. The van der Waals surface area contributed by atoms with Crippen molar-refractivity contribution in [2.45, 2.75) is 18.9 Å². The van der Waals surface area contributed by atoms with Crippen molar-refractivity contribution in [3.8, 4) is 0 Å². The molecule has 1 aliphatic heterocycles. The van der Waals surface area contributed by atoms with Crippen molar-refractivity contribution in [2.24, 2.45) is 0 Å². The van der Waals surface area contributed by atoms with E-state index in [1.54, 1.807) is 18.2 Å². The molecule has 1 aliphatic rings. The summed E-state index contributed by atoms with van der Waals surface area (Å²) in [6.45, 7) is 1.02. The van der Waals surface area contributed by atoms with E-state index in [4.69, 9.17) is 16.3 Å². The van der Waals surface area contributed by atoms with Gasteiger partial charge in [0.25, 0.3) is 5.91 Å². The fourth-order valence-corrected chi connectivity index (χ4v) is 4.31. The van der Waals surface area contributed by atoms with Gasteiger partial charge in [-0.15, -0.1) is 0 Å². The van der Waals surface area contributed by atoms with Crippen LogP contribution in [0.25, 0.3) is 10.2 Å². The number of amides is 1. The van der Waals surface area contributed by atoms with Crippen molar-refractivity contribution in [3.05, 3.63) is 58.9 Å². The normalized spacial score (nSPS) is 16.9. The smallest absolute Gasteiger partial charge is 0.263 e. The second-order valence-electron chi connectivity index (χ2n) is 6.11. The molecule has 1 saturated heterocycles. The number of ether oxygens (including phenoxy) is 1. The highest BCUT2D eigenvalue weighted by Crippen LogP contribution is 2.34.